The molecule has 4 heteroatoms. The average molecular weight is 197 g/mol. The van der Waals surface area contributed by atoms with Crippen molar-refractivity contribution >= 4 is 5.97 Å². The molecule has 0 radical (unpaired) electrons. The van der Waals surface area contributed by atoms with Gasteiger partial charge >= 0.3 is 5.97 Å². The summed E-state index contributed by atoms with van der Waals surface area (Å²) in [6, 6.07) is 1.55. The largest absolute Gasteiger partial charge is 0.478 e. The number of furan rings is 1. The Kier molecular flexibility index (Phi) is 2.66. The predicted octanol–water partition coefficient (Wildman–Crippen LogP) is 1.73. The Hall–Kier alpha value is -1.29. The Morgan fingerprint density at radius 2 is 2.14 bits per heavy atom. The lowest BCUT2D eigenvalue weighted by Crippen LogP contribution is -2.09. The fourth-order valence-corrected chi connectivity index (χ4v) is 1.13. The SMILES string of the molecule is CC(C)(C)c1cc(C(=O)O)c(CN)o1. The molecule has 0 aromatic carbocycles. The van der Waals surface area contributed by atoms with E-state index in [-0.39, 0.29) is 17.5 Å². The molecule has 0 unspecified atom stereocenters. The number of carboxylic acid groups (broad SMARTS) is 1. The van der Waals surface area contributed by atoms with E-state index in [1.807, 2.05) is 20.8 Å². The molecule has 1 rings (SSSR count). The van der Waals surface area contributed by atoms with Crippen LogP contribution in [-0.4, -0.2) is 11.1 Å². The lowest BCUT2D eigenvalue weighted by atomic mass is 9.93. The number of aromatic carboxylic acids is 1. The van der Waals surface area contributed by atoms with Crippen molar-refractivity contribution in [1.29, 1.82) is 0 Å². The first-order valence-corrected chi connectivity index (χ1v) is 4.43. The number of hydrogen-bond donors (Lipinski definition) is 2. The lowest BCUT2D eigenvalue weighted by Gasteiger charge is -2.13. The monoisotopic (exact) mass is 197 g/mol. The summed E-state index contributed by atoms with van der Waals surface area (Å²) in [5, 5.41) is 8.86. The maximum atomic E-state index is 10.8. The first kappa shape index (κ1) is 10.8. The zero-order valence-electron chi connectivity index (χ0n) is 8.63. The van der Waals surface area contributed by atoms with Gasteiger partial charge in [-0.25, -0.2) is 4.79 Å². The summed E-state index contributed by atoms with van der Waals surface area (Å²) < 4.78 is 5.38. The predicted molar refractivity (Wildman–Crippen MR) is 52.3 cm³/mol. The highest BCUT2D eigenvalue weighted by molar-refractivity contribution is 5.89. The van der Waals surface area contributed by atoms with Crippen molar-refractivity contribution in [2.24, 2.45) is 5.73 Å². The Balaban J connectivity index is 3.20. The number of rotatable bonds is 2. The molecule has 3 N–H and O–H groups in total. The Morgan fingerprint density at radius 3 is 2.43 bits per heavy atom. The van der Waals surface area contributed by atoms with Crippen molar-refractivity contribution in [3.63, 3.8) is 0 Å². The first-order chi connectivity index (χ1) is 6.36. The second-order valence-corrected chi connectivity index (χ2v) is 4.21. The molecule has 1 aromatic rings. The molecule has 0 saturated carbocycles. The third-order valence-corrected chi connectivity index (χ3v) is 1.96. The van der Waals surface area contributed by atoms with Crippen molar-refractivity contribution in [3.05, 3.63) is 23.2 Å². The summed E-state index contributed by atoms with van der Waals surface area (Å²) in [4.78, 5) is 10.8. The fraction of sp³-hybridized carbons (Fsp3) is 0.500. The third kappa shape index (κ3) is 1.96. The highest BCUT2D eigenvalue weighted by Crippen LogP contribution is 2.27. The molecule has 14 heavy (non-hydrogen) atoms. The van der Waals surface area contributed by atoms with Crippen LogP contribution in [-0.2, 0) is 12.0 Å². The van der Waals surface area contributed by atoms with E-state index < -0.39 is 5.97 Å². The van der Waals surface area contributed by atoms with Crippen molar-refractivity contribution in [2.45, 2.75) is 32.7 Å². The van der Waals surface area contributed by atoms with E-state index in [1.165, 1.54) is 0 Å². The van der Waals surface area contributed by atoms with Gasteiger partial charge in [0.25, 0.3) is 0 Å². The van der Waals surface area contributed by atoms with E-state index in [9.17, 15) is 4.79 Å². The minimum atomic E-state index is -0.996. The van der Waals surface area contributed by atoms with Crippen LogP contribution in [0.3, 0.4) is 0 Å². The molecule has 4 nitrogen and oxygen atoms in total. The van der Waals surface area contributed by atoms with Gasteiger partial charge in [0.15, 0.2) is 0 Å². The molecule has 1 heterocycles. The van der Waals surface area contributed by atoms with Gasteiger partial charge in [-0.3, -0.25) is 0 Å². The second-order valence-electron chi connectivity index (χ2n) is 4.21. The van der Waals surface area contributed by atoms with Crippen LogP contribution in [0.15, 0.2) is 10.5 Å². The molecular weight excluding hydrogens is 182 g/mol. The molecule has 0 aliphatic rings. The summed E-state index contributed by atoms with van der Waals surface area (Å²) in [5.41, 5.74) is 5.36. The normalized spacial score (nSPS) is 11.7. The number of carbonyl (C=O) groups is 1. The van der Waals surface area contributed by atoms with E-state index >= 15 is 0 Å². The number of nitrogens with two attached hydrogens (primary N) is 1. The zero-order valence-corrected chi connectivity index (χ0v) is 8.63. The Labute approximate surface area is 82.7 Å². The second kappa shape index (κ2) is 3.46. The van der Waals surface area contributed by atoms with E-state index in [4.69, 9.17) is 15.3 Å². The van der Waals surface area contributed by atoms with Crippen molar-refractivity contribution in [3.8, 4) is 0 Å². The van der Waals surface area contributed by atoms with Crippen LogP contribution in [0, 0.1) is 0 Å². The molecular formula is C10H15NO3. The van der Waals surface area contributed by atoms with Crippen molar-refractivity contribution < 1.29 is 14.3 Å². The summed E-state index contributed by atoms with van der Waals surface area (Å²) in [5.74, 6) is -0.0116. The third-order valence-electron chi connectivity index (χ3n) is 1.96. The van der Waals surface area contributed by atoms with Gasteiger partial charge in [0, 0.05) is 5.41 Å². The van der Waals surface area contributed by atoms with E-state index in [0.717, 1.165) is 0 Å². The summed E-state index contributed by atoms with van der Waals surface area (Å²) >= 11 is 0. The van der Waals surface area contributed by atoms with Crippen molar-refractivity contribution in [2.75, 3.05) is 0 Å². The summed E-state index contributed by atoms with van der Waals surface area (Å²) in [7, 11) is 0. The van der Waals surface area contributed by atoms with Gasteiger partial charge in [-0.2, -0.15) is 0 Å². The van der Waals surface area contributed by atoms with Gasteiger partial charge in [-0.05, 0) is 6.07 Å². The maximum Gasteiger partial charge on any atom is 0.339 e. The number of carboxylic acids is 1. The van der Waals surface area contributed by atoms with Crippen LogP contribution in [0.5, 0.6) is 0 Å². The van der Waals surface area contributed by atoms with Gasteiger partial charge in [-0.1, -0.05) is 20.8 Å². The van der Waals surface area contributed by atoms with Crippen LogP contribution in [0.1, 0.15) is 42.6 Å². The highest BCUT2D eigenvalue weighted by atomic mass is 16.4. The Bertz CT molecular complexity index is 347. The van der Waals surface area contributed by atoms with Crippen LogP contribution < -0.4 is 5.73 Å². The van der Waals surface area contributed by atoms with Gasteiger partial charge < -0.3 is 15.3 Å². The molecule has 0 aliphatic carbocycles. The van der Waals surface area contributed by atoms with Gasteiger partial charge in [0.1, 0.15) is 17.1 Å². The van der Waals surface area contributed by atoms with Gasteiger partial charge in [0.2, 0.25) is 0 Å². The molecule has 0 atom stereocenters. The first-order valence-electron chi connectivity index (χ1n) is 4.43. The maximum absolute atomic E-state index is 10.8. The molecule has 0 bridgehead atoms. The van der Waals surface area contributed by atoms with Gasteiger partial charge in [-0.15, -0.1) is 0 Å². The van der Waals surface area contributed by atoms with Crippen molar-refractivity contribution in [1.82, 2.24) is 0 Å². The zero-order chi connectivity index (χ0) is 10.9. The number of hydrogen-bond acceptors (Lipinski definition) is 3. The summed E-state index contributed by atoms with van der Waals surface area (Å²) in [6.45, 7) is 5.98. The molecule has 0 saturated heterocycles. The molecule has 78 valence electrons. The standard InChI is InChI=1S/C10H15NO3/c1-10(2,3)8-4-6(9(12)13)7(5-11)14-8/h4H,5,11H2,1-3H3,(H,12,13). The van der Waals surface area contributed by atoms with Crippen LogP contribution in [0.25, 0.3) is 0 Å². The topological polar surface area (TPSA) is 76.5 Å². The van der Waals surface area contributed by atoms with E-state index in [1.54, 1.807) is 6.07 Å². The van der Waals surface area contributed by atoms with Crippen LogP contribution in [0.2, 0.25) is 0 Å². The minimum Gasteiger partial charge on any atom is -0.478 e. The van der Waals surface area contributed by atoms with Crippen LogP contribution in [0.4, 0.5) is 0 Å². The molecule has 0 aliphatic heterocycles. The molecule has 0 spiro atoms. The fourth-order valence-electron chi connectivity index (χ4n) is 1.13. The molecule has 0 fully saturated rings. The highest BCUT2D eigenvalue weighted by Gasteiger charge is 2.23. The van der Waals surface area contributed by atoms with E-state index in [2.05, 4.69) is 0 Å². The molecule has 1 aromatic heterocycles. The average Bonchev–Trinajstić information content (AvgIpc) is 2.45. The lowest BCUT2D eigenvalue weighted by molar-refractivity contribution is 0.0694. The smallest absolute Gasteiger partial charge is 0.339 e. The molecule has 0 amide bonds. The summed E-state index contributed by atoms with van der Waals surface area (Å²) in [6.07, 6.45) is 0. The van der Waals surface area contributed by atoms with E-state index in [0.29, 0.717) is 11.5 Å². The van der Waals surface area contributed by atoms with Gasteiger partial charge in [0.05, 0.1) is 6.54 Å². The Morgan fingerprint density at radius 1 is 1.57 bits per heavy atom. The van der Waals surface area contributed by atoms with Crippen LogP contribution >= 0.6 is 0 Å². The minimum absolute atomic E-state index is 0.109. The quantitative estimate of drug-likeness (QED) is 0.757.